The van der Waals surface area contributed by atoms with Gasteiger partial charge in [-0.25, -0.2) is 9.97 Å². The average Bonchev–Trinajstić information content (AvgIpc) is 2.17. The monoisotopic (exact) mass is 213 g/mol. The molecular formula is C9H12ClN3O. The molecule has 0 atom stereocenters. The molecule has 1 rings (SSSR count). The second-order valence-electron chi connectivity index (χ2n) is 2.85. The number of carbonyl (C=O) groups excluding carboxylic acids is 1. The van der Waals surface area contributed by atoms with E-state index in [0.717, 1.165) is 11.5 Å². The lowest BCUT2D eigenvalue weighted by molar-refractivity contribution is -0.118. The van der Waals surface area contributed by atoms with Crippen molar-refractivity contribution in [3.63, 3.8) is 0 Å². The molecule has 0 aliphatic carbocycles. The topological polar surface area (TPSA) is 54.9 Å². The van der Waals surface area contributed by atoms with E-state index in [9.17, 15) is 4.79 Å². The number of halogens is 1. The van der Waals surface area contributed by atoms with Crippen LogP contribution in [-0.2, 0) is 11.2 Å². The van der Waals surface area contributed by atoms with Crippen LogP contribution in [-0.4, -0.2) is 28.3 Å². The zero-order chi connectivity index (χ0) is 10.4. The van der Waals surface area contributed by atoms with Gasteiger partial charge in [-0.15, -0.1) is 11.6 Å². The minimum absolute atomic E-state index is 0.00528. The first-order valence-electron chi connectivity index (χ1n) is 4.33. The molecule has 0 aliphatic heterocycles. The Balaban J connectivity index is 2.35. The first-order chi connectivity index (χ1) is 6.72. The predicted molar refractivity (Wildman–Crippen MR) is 54.2 cm³/mol. The Morgan fingerprint density at radius 3 is 3.07 bits per heavy atom. The summed E-state index contributed by atoms with van der Waals surface area (Å²) in [6.45, 7) is 2.43. The molecule has 5 heteroatoms. The minimum Gasteiger partial charge on any atom is -0.355 e. The average molecular weight is 214 g/mol. The van der Waals surface area contributed by atoms with Gasteiger partial charge in [0.1, 0.15) is 11.7 Å². The summed E-state index contributed by atoms with van der Waals surface area (Å²) in [6.07, 6.45) is 2.34. The predicted octanol–water partition coefficient (Wildman–Crippen LogP) is 0.683. The molecule has 0 spiro atoms. The van der Waals surface area contributed by atoms with Crippen LogP contribution in [0.25, 0.3) is 0 Å². The second kappa shape index (κ2) is 5.54. The minimum atomic E-state index is -0.167. The molecular weight excluding hydrogens is 202 g/mol. The number of hydrogen-bond acceptors (Lipinski definition) is 3. The van der Waals surface area contributed by atoms with E-state index in [1.807, 2.05) is 13.0 Å². The molecule has 0 fully saturated rings. The molecule has 0 radical (unpaired) electrons. The molecule has 0 aromatic carbocycles. The van der Waals surface area contributed by atoms with Gasteiger partial charge in [-0.1, -0.05) is 0 Å². The second-order valence-corrected chi connectivity index (χ2v) is 3.12. The maximum Gasteiger partial charge on any atom is 0.234 e. The van der Waals surface area contributed by atoms with E-state index in [-0.39, 0.29) is 11.8 Å². The summed E-state index contributed by atoms with van der Waals surface area (Å²) in [6, 6.07) is 1.83. The van der Waals surface area contributed by atoms with Crippen LogP contribution in [0.2, 0.25) is 0 Å². The molecule has 0 saturated heterocycles. The molecule has 4 nitrogen and oxygen atoms in total. The van der Waals surface area contributed by atoms with Crippen LogP contribution in [0.1, 0.15) is 11.5 Å². The Hall–Kier alpha value is -1.16. The fraction of sp³-hybridized carbons (Fsp3) is 0.444. The van der Waals surface area contributed by atoms with E-state index in [1.54, 1.807) is 6.20 Å². The van der Waals surface area contributed by atoms with Gasteiger partial charge in [0.05, 0.1) is 0 Å². The Morgan fingerprint density at radius 1 is 1.64 bits per heavy atom. The highest BCUT2D eigenvalue weighted by Crippen LogP contribution is 1.93. The highest BCUT2D eigenvalue weighted by molar-refractivity contribution is 6.27. The Kier molecular flexibility index (Phi) is 4.32. The van der Waals surface area contributed by atoms with E-state index < -0.39 is 0 Å². The maximum atomic E-state index is 10.8. The molecule has 1 aromatic rings. The zero-order valence-electron chi connectivity index (χ0n) is 7.96. The van der Waals surface area contributed by atoms with E-state index in [4.69, 9.17) is 11.6 Å². The number of aryl methyl sites for hydroxylation is 1. The maximum absolute atomic E-state index is 10.8. The van der Waals surface area contributed by atoms with E-state index >= 15 is 0 Å². The van der Waals surface area contributed by atoms with Gasteiger partial charge in [0.2, 0.25) is 5.91 Å². The Morgan fingerprint density at radius 2 is 2.43 bits per heavy atom. The molecule has 1 heterocycles. The third-order valence-electron chi connectivity index (χ3n) is 1.64. The zero-order valence-corrected chi connectivity index (χ0v) is 8.71. The molecule has 1 N–H and O–H groups in total. The van der Waals surface area contributed by atoms with Crippen LogP contribution in [0.5, 0.6) is 0 Å². The SMILES string of the molecule is Cc1ccnc(CCNC(=O)CCl)n1. The van der Waals surface area contributed by atoms with Crippen molar-refractivity contribution in [1.29, 1.82) is 0 Å². The smallest absolute Gasteiger partial charge is 0.234 e. The normalized spacial score (nSPS) is 9.86. The highest BCUT2D eigenvalue weighted by atomic mass is 35.5. The molecule has 1 amide bonds. The van der Waals surface area contributed by atoms with Crippen LogP contribution in [0.15, 0.2) is 12.3 Å². The van der Waals surface area contributed by atoms with Gasteiger partial charge in [-0.05, 0) is 13.0 Å². The number of aromatic nitrogens is 2. The van der Waals surface area contributed by atoms with Crippen LogP contribution < -0.4 is 5.32 Å². The van der Waals surface area contributed by atoms with Crippen molar-refractivity contribution in [2.45, 2.75) is 13.3 Å². The standard InChI is InChI=1S/C9H12ClN3O/c1-7-2-4-11-8(13-7)3-5-12-9(14)6-10/h2,4H,3,5-6H2,1H3,(H,12,14). The molecule has 14 heavy (non-hydrogen) atoms. The Labute approximate surface area is 87.7 Å². The Bertz CT molecular complexity index is 317. The number of rotatable bonds is 4. The van der Waals surface area contributed by atoms with Crippen molar-refractivity contribution in [2.24, 2.45) is 0 Å². The first-order valence-corrected chi connectivity index (χ1v) is 4.87. The van der Waals surface area contributed by atoms with Gasteiger partial charge in [0.25, 0.3) is 0 Å². The lowest BCUT2D eigenvalue weighted by Crippen LogP contribution is -2.27. The van der Waals surface area contributed by atoms with E-state index in [2.05, 4.69) is 15.3 Å². The van der Waals surface area contributed by atoms with Crippen LogP contribution in [0.4, 0.5) is 0 Å². The van der Waals surface area contributed by atoms with Gasteiger partial charge in [-0.3, -0.25) is 4.79 Å². The molecule has 76 valence electrons. The number of carbonyl (C=O) groups is 1. The largest absolute Gasteiger partial charge is 0.355 e. The molecule has 0 saturated carbocycles. The van der Waals surface area contributed by atoms with Crippen molar-refractivity contribution >= 4 is 17.5 Å². The number of alkyl halides is 1. The summed E-state index contributed by atoms with van der Waals surface area (Å²) < 4.78 is 0. The summed E-state index contributed by atoms with van der Waals surface area (Å²) in [5.74, 6) is 0.563. The van der Waals surface area contributed by atoms with Crippen molar-refractivity contribution in [3.8, 4) is 0 Å². The summed E-state index contributed by atoms with van der Waals surface area (Å²) in [5.41, 5.74) is 0.929. The molecule has 1 aromatic heterocycles. The first kappa shape index (κ1) is 10.9. The highest BCUT2D eigenvalue weighted by Gasteiger charge is 1.99. The van der Waals surface area contributed by atoms with Crippen molar-refractivity contribution in [2.75, 3.05) is 12.4 Å². The van der Waals surface area contributed by atoms with Gasteiger partial charge >= 0.3 is 0 Å². The quantitative estimate of drug-likeness (QED) is 0.749. The lowest BCUT2D eigenvalue weighted by atomic mass is 10.3. The van der Waals surface area contributed by atoms with Gasteiger partial charge in [0.15, 0.2) is 0 Å². The third-order valence-corrected chi connectivity index (χ3v) is 1.88. The van der Waals surface area contributed by atoms with Crippen LogP contribution >= 0.6 is 11.6 Å². The van der Waals surface area contributed by atoms with Crippen LogP contribution in [0.3, 0.4) is 0 Å². The molecule has 0 bridgehead atoms. The van der Waals surface area contributed by atoms with Crippen LogP contribution in [0, 0.1) is 6.92 Å². The summed E-state index contributed by atoms with van der Waals surface area (Å²) in [5, 5.41) is 2.65. The summed E-state index contributed by atoms with van der Waals surface area (Å²) >= 11 is 5.32. The lowest BCUT2D eigenvalue weighted by Gasteiger charge is -2.02. The van der Waals surface area contributed by atoms with Gasteiger partial charge < -0.3 is 5.32 Å². The van der Waals surface area contributed by atoms with Gasteiger partial charge in [0, 0.05) is 24.9 Å². The summed E-state index contributed by atoms with van der Waals surface area (Å²) in [4.78, 5) is 19.1. The fourth-order valence-corrected chi connectivity index (χ4v) is 1.08. The summed E-state index contributed by atoms with van der Waals surface area (Å²) in [7, 11) is 0. The van der Waals surface area contributed by atoms with E-state index in [1.165, 1.54) is 0 Å². The number of nitrogens with one attached hydrogen (secondary N) is 1. The number of hydrogen-bond donors (Lipinski definition) is 1. The van der Waals surface area contributed by atoms with Crippen molar-refractivity contribution < 1.29 is 4.79 Å². The van der Waals surface area contributed by atoms with E-state index in [0.29, 0.717) is 13.0 Å². The third kappa shape index (κ3) is 3.70. The molecule has 0 aliphatic rings. The van der Waals surface area contributed by atoms with Gasteiger partial charge in [-0.2, -0.15) is 0 Å². The fourth-order valence-electron chi connectivity index (χ4n) is 0.982. The van der Waals surface area contributed by atoms with Crippen molar-refractivity contribution in [1.82, 2.24) is 15.3 Å². The molecule has 0 unspecified atom stereocenters. The number of amides is 1. The van der Waals surface area contributed by atoms with Crippen molar-refractivity contribution in [3.05, 3.63) is 23.8 Å². The number of nitrogens with zero attached hydrogens (tertiary/aromatic N) is 2.